The maximum absolute atomic E-state index is 10.9. The minimum absolute atomic E-state index is 0.110. The molecular weight excluding hydrogens is 884 g/mol. The van der Waals surface area contributed by atoms with Crippen LogP contribution in [0, 0.1) is 5.41 Å². The van der Waals surface area contributed by atoms with Crippen molar-refractivity contribution in [3.8, 4) is 11.5 Å². The summed E-state index contributed by atoms with van der Waals surface area (Å²) in [5, 5.41) is 0. The minimum Gasteiger partial charge on any atom is -0.418 e. The van der Waals surface area contributed by atoms with Crippen molar-refractivity contribution in [2.75, 3.05) is 0 Å². The molecule has 2 aromatic rings. The molecule has 0 fully saturated rings. The van der Waals surface area contributed by atoms with Crippen molar-refractivity contribution >= 4 is 8.60 Å². The average Bonchev–Trinajstić information content (AvgIpc) is 3.38. The van der Waals surface area contributed by atoms with Crippen LogP contribution in [0.1, 0.15) is 353 Å². The zero-order chi connectivity index (χ0) is 50.6. The molecule has 4 aliphatic heterocycles. The fourth-order valence-corrected chi connectivity index (χ4v) is 13.4. The summed E-state index contributed by atoms with van der Waals surface area (Å²) >= 11 is 0. The van der Waals surface area contributed by atoms with E-state index < -0.39 is 8.60 Å². The zero-order valence-electron chi connectivity index (χ0n) is 48.0. The van der Waals surface area contributed by atoms with Crippen LogP contribution in [-0.4, -0.2) is 4.89 Å². The summed E-state index contributed by atoms with van der Waals surface area (Å²) in [4.78, 5) is 10.9. The standard InChI is InChI=1S/C67H119O3P/c1-5-9-13-17-21-25-29-33-37-41-45-49-61-67(62-50-54-64(55-51-62)69-71(68)70-65-56-52-63(67)53-57-65)66(58-46-42-38-34-30-26-22-18-14-10-6-2,59-47-43-39-35-31-27-23-19-15-11-7-3)60-48-44-40-36-32-28-24-20-16-12-8-4/h50-57,68H,5-49,58-61H2,1-4H3. The van der Waals surface area contributed by atoms with Gasteiger partial charge in [0, 0.05) is 5.41 Å². The third-order valence-electron chi connectivity index (χ3n) is 17.1. The number of hydrogen-bond donors (Lipinski definition) is 1. The molecule has 4 heteroatoms. The van der Waals surface area contributed by atoms with Crippen LogP contribution in [0.3, 0.4) is 0 Å². The van der Waals surface area contributed by atoms with Gasteiger partial charge in [-0.15, -0.1) is 0 Å². The van der Waals surface area contributed by atoms with Gasteiger partial charge in [-0.25, -0.2) is 0 Å². The Labute approximate surface area is 444 Å². The van der Waals surface area contributed by atoms with Crippen molar-refractivity contribution in [3.05, 3.63) is 59.7 Å². The van der Waals surface area contributed by atoms with Gasteiger partial charge in [0.2, 0.25) is 0 Å². The third kappa shape index (κ3) is 27.7. The van der Waals surface area contributed by atoms with Crippen LogP contribution in [0.5, 0.6) is 11.5 Å². The zero-order valence-corrected chi connectivity index (χ0v) is 48.9. The summed E-state index contributed by atoms with van der Waals surface area (Å²) in [6, 6.07) is 18.3. The van der Waals surface area contributed by atoms with Gasteiger partial charge in [-0.05, 0) is 66.5 Å². The first kappa shape index (κ1) is 63.7. The van der Waals surface area contributed by atoms with E-state index in [1.165, 1.54) is 326 Å². The Kier molecular flexibility index (Phi) is 39.2. The van der Waals surface area contributed by atoms with Gasteiger partial charge in [-0.1, -0.05) is 341 Å². The summed E-state index contributed by atoms with van der Waals surface area (Å²) in [5.74, 6) is 1.42. The second kappa shape index (κ2) is 43.6. The molecule has 1 N–H and O–H groups in total. The van der Waals surface area contributed by atoms with Gasteiger partial charge < -0.3 is 13.9 Å². The lowest BCUT2D eigenvalue weighted by atomic mass is 9.50. The van der Waals surface area contributed by atoms with E-state index in [9.17, 15) is 4.89 Å². The van der Waals surface area contributed by atoms with Crippen LogP contribution in [0.15, 0.2) is 48.5 Å². The van der Waals surface area contributed by atoms with Crippen molar-refractivity contribution in [1.82, 2.24) is 0 Å². The first-order chi connectivity index (χ1) is 35.0. The highest BCUT2D eigenvalue weighted by Gasteiger charge is 2.51. The molecule has 0 spiro atoms. The van der Waals surface area contributed by atoms with Crippen molar-refractivity contribution in [3.63, 3.8) is 0 Å². The minimum atomic E-state index is -2.05. The van der Waals surface area contributed by atoms with Gasteiger partial charge in [0.25, 0.3) is 0 Å². The first-order valence-electron chi connectivity index (χ1n) is 32.1. The van der Waals surface area contributed by atoms with Gasteiger partial charge in [0.15, 0.2) is 0 Å². The molecule has 6 rings (SSSR count). The van der Waals surface area contributed by atoms with Gasteiger partial charge >= 0.3 is 8.60 Å². The number of unbranched alkanes of at least 4 members (excludes halogenated alkanes) is 41. The molecule has 410 valence electrons. The van der Waals surface area contributed by atoms with E-state index in [1.54, 1.807) is 0 Å². The van der Waals surface area contributed by atoms with Crippen molar-refractivity contribution in [2.24, 2.45) is 5.41 Å². The molecule has 0 saturated heterocycles. The number of benzene rings is 2. The lowest BCUT2D eigenvalue weighted by Gasteiger charge is -2.54. The molecule has 3 nitrogen and oxygen atoms in total. The molecule has 0 aromatic heterocycles. The molecule has 71 heavy (non-hydrogen) atoms. The second-order valence-corrected chi connectivity index (χ2v) is 24.0. The summed E-state index contributed by atoms with van der Waals surface area (Å²) in [6.07, 6.45) is 67.7. The molecule has 4 heterocycles. The van der Waals surface area contributed by atoms with Crippen LogP contribution < -0.4 is 9.05 Å². The molecule has 0 amide bonds. The monoisotopic (exact) mass is 1000 g/mol. The Morgan fingerprint density at radius 2 is 0.521 bits per heavy atom. The largest absolute Gasteiger partial charge is 0.460 e. The Hall–Kier alpha value is -1.57. The summed E-state index contributed by atoms with van der Waals surface area (Å²) in [7, 11) is -2.05. The van der Waals surface area contributed by atoms with Gasteiger partial charge in [0.05, 0.1) is 0 Å². The maximum Gasteiger partial charge on any atom is 0.460 e. The van der Waals surface area contributed by atoms with E-state index >= 15 is 0 Å². The molecule has 0 atom stereocenters. The lowest BCUT2D eigenvalue weighted by Crippen LogP contribution is -2.47. The van der Waals surface area contributed by atoms with Gasteiger partial charge in [0.1, 0.15) is 11.5 Å². The molecule has 0 radical (unpaired) electrons. The highest BCUT2D eigenvalue weighted by atomic mass is 31.2. The van der Waals surface area contributed by atoms with E-state index in [0.717, 1.165) is 0 Å². The van der Waals surface area contributed by atoms with Gasteiger partial charge in [-0.2, -0.15) is 0 Å². The van der Waals surface area contributed by atoms with E-state index in [2.05, 4.69) is 76.2 Å². The highest BCUT2D eigenvalue weighted by Crippen LogP contribution is 2.59. The van der Waals surface area contributed by atoms with Crippen LogP contribution in [0.2, 0.25) is 0 Å². The number of hydrogen-bond acceptors (Lipinski definition) is 3. The Morgan fingerprint density at radius 3 is 0.761 bits per heavy atom. The van der Waals surface area contributed by atoms with Crippen molar-refractivity contribution in [2.45, 2.75) is 348 Å². The molecule has 0 saturated carbocycles. The van der Waals surface area contributed by atoms with Crippen molar-refractivity contribution < 1.29 is 13.9 Å². The average molecular weight is 1000 g/mol. The SMILES string of the molecule is CCCCCCCCCCCCCCC1(C(CCCCCCCCCCCCC)(CCCCCCCCCCCCC)CCCCCCCCCCCCC)c2ccc(cc2)OP(O)Oc2ccc1cc2. The Balaban J connectivity index is 1.94. The van der Waals surface area contributed by atoms with Crippen molar-refractivity contribution in [1.29, 1.82) is 0 Å². The molecule has 4 bridgehead atoms. The van der Waals surface area contributed by atoms with Gasteiger partial charge in [-0.3, -0.25) is 0 Å². The highest BCUT2D eigenvalue weighted by molar-refractivity contribution is 7.41. The molecular formula is C67H119O3P. The third-order valence-corrected chi connectivity index (χ3v) is 17.9. The van der Waals surface area contributed by atoms with E-state index in [0.29, 0.717) is 11.5 Å². The topological polar surface area (TPSA) is 38.7 Å². The second-order valence-electron chi connectivity index (χ2n) is 23.2. The van der Waals surface area contributed by atoms with E-state index in [-0.39, 0.29) is 10.8 Å². The van der Waals surface area contributed by atoms with E-state index in [4.69, 9.17) is 9.05 Å². The first-order valence-corrected chi connectivity index (χ1v) is 33.2. The van der Waals surface area contributed by atoms with Crippen LogP contribution in [0.25, 0.3) is 0 Å². The van der Waals surface area contributed by atoms with Crippen LogP contribution in [0.4, 0.5) is 0 Å². The summed E-state index contributed by atoms with van der Waals surface area (Å²) in [5.41, 5.74) is 3.01. The normalized spacial score (nSPS) is 15.8. The predicted molar refractivity (Wildman–Crippen MR) is 315 cm³/mol. The molecule has 2 aromatic carbocycles. The summed E-state index contributed by atoms with van der Waals surface area (Å²) < 4.78 is 12.1. The fourth-order valence-electron chi connectivity index (χ4n) is 12.8. The summed E-state index contributed by atoms with van der Waals surface area (Å²) in [6.45, 7) is 9.31. The van der Waals surface area contributed by atoms with Crippen LogP contribution >= 0.6 is 8.60 Å². The maximum atomic E-state index is 10.9. The number of rotatable bonds is 50. The molecule has 0 aliphatic carbocycles. The Morgan fingerprint density at radius 1 is 0.310 bits per heavy atom. The molecule has 4 aliphatic rings. The smallest absolute Gasteiger partial charge is 0.418 e. The lowest BCUT2D eigenvalue weighted by molar-refractivity contribution is 0.0816. The predicted octanol–water partition coefficient (Wildman–Crippen LogP) is 24.1. The Bertz CT molecular complexity index is 1320. The van der Waals surface area contributed by atoms with E-state index in [1.807, 2.05) is 0 Å². The fraction of sp³-hybridized carbons (Fsp3) is 0.821. The molecule has 0 unspecified atom stereocenters. The van der Waals surface area contributed by atoms with Crippen LogP contribution in [-0.2, 0) is 5.41 Å². The quantitative estimate of drug-likeness (QED) is 0.0530.